The van der Waals surface area contributed by atoms with Gasteiger partial charge in [-0.25, -0.2) is 4.79 Å². The van der Waals surface area contributed by atoms with E-state index in [-0.39, 0.29) is 24.1 Å². The first kappa shape index (κ1) is 14.5. The van der Waals surface area contributed by atoms with Crippen molar-refractivity contribution in [3.05, 3.63) is 24.3 Å². The van der Waals surface area contributed by atoms with Gasteiger partial charge in [-0.2, -0.15) is 0 Å². The molecule has 7 aliphatic rings. The van der Waals surface area contributed by atoms with Gasteiger partial charge in [-0.05, 0) is 25.0 Å². The summed E-state index contributed by atoms with van der Waals surface area (Å²) in [6, 6.07) is 0. The Hall–Kier alpha value is -1.70. The summed E-state index contributed by atoms with van der Waals surface area (Å²) in [6.45, 7) is 5.92. The molecule has 4 saturated heterocycles. The van der Waals surface area contributed by atoms with Gasteiger partial charge in [0, 0.05) is 17.4 Å². The lowest BCUT2D eigenvalue weighted by atomic mass is 9.44. The summed E-state index contributed by atoms with van der Waals surface area (Å²) in [5, 5.41) is 11.6. The molecule has 5 heterocycles. The van der Waals surface area contributed by atoms with Crippen molar-refractivity contribution in [3.8, 4) is 0 Å². The average Bonchev–Trinajstić information content (AvgIpc) is 3.29. The van der Waals surface area contributed by atoms with Crippen LogP contribution in [0, 0.1) is 16.7 Å². The van der Waals surface area contributed by atoms with E-state index < -0.39 is 40.7 Å². The summed E-state index contributed by atoms with van der Waals surface area (Å²) in [5.41, 5.74) is -2.42. The van der Waals surface area contributed by atoms with Gasteiger partial charge in [0.05, 0.1) is 12.7 Å². The molecule has 25 heavy (non-hydrogen) atoms. The second-order valence-electron chi connectivity index (χ2n) is 8.29. The van der Waals surface area contributed by atoms with Gasteiger partial charge in [0.25, 0.3) is 0 Å². The topological polar surface area (TPSA) is 94.6 Å². The number of esters is 2. The van der Waals surface area contributed by atoms with Crippen LogP contribution in [0.1, 0.15) is 13.3 Å². The quantitative estimate of drug-likeness (QED) is 0.402. The fourth-order valence-corrected chi connectivity index (χ4v) is 6.45. The molecule has 0 aromatic carbocycles. The highest BCUT2D eigenvalue weighted by atomic mass is 16.6. The van der Waals surface area contributed by atoms with Gasteiger partial charge < -0.3 is 24.1 Å². The van der Waals surface area contributed by atoms with Crippen LogP contribution in [-0.2, 0) is 28.5 Å². The minimum absolute atomic E-state index is 0.0870. The van der Waals surface area contributed by atoms with Crippen molar-refractivity contribution in [1.29, 1.82) is 0 Å². The molecular weight excluding hydrogens is 328 g/mol. The smallest absolute Gasteiger partial charge is 0.331 e. The fraction of sp³-hybridized carbons (Fsp3) is 0.667. The standard InChI is InChI=1S/C18H18O7/c1-3-9-18(21)8(4-10(19)24-9)17-5-7-13(23-7)16(2)12(17)11(25-15(16)20)14(18)22-6-17/h3-4,7,9,11-14,21H,1,5-6H2,2H3/t7-,9+,11-,12-,13-,14-,16+,17-,18+/m0/s1. The highest BCUT2D eigenvalue weighted by Crippen LogP contribution is 2.73. The summed E-state index contributed by atoms with van der Waals surface area (Å²) >= 11 is 0. The van der Waals surface area contributed by atoms with Gasteiger partial charge in [-0.1, -0.05) is 6.58 Å². The first-order chi connectivity index (χ1) is 11.9. The lowest BCUT2D eigenvalue weighted by Crippen LogP contribution is -2.76. The number of epoxide rings is 1. The van der Waals surface area contributed by atoms with Crippen molar-refractivity contribution in [2.24, 2.45) is 16.7 Å². The molecule has 2 saturated carbocycles. The Morgan fingerprint density at radius 1 is 1.32 bits per heavy atom. The van der Waals surface area contributed by atoms with Crippen molar-refractivity contribution in [3.63, 3.8) is 0 Å². The second-order valence-corrected chi connectivity index (χ2v) is 8.29. The van der Waals surface area contributed by atoms with Gasteiger partial charge in [0.1, 0.15) is 23.7 Å². The van der Waals surface area contributed by atoms with Crippen molar-refractivity contribution < 1.29 is 33.6 Å². The van der Waals surface area contributed by atoms with E-state index in [4.69, 9.17) is 18.9 Å². The molecule has 7 heteroatoms. The molecule has 2 aliphatic carbocycles. The zero-order valence-corrected chi connectivity index (χ0v) is 13.6. The summed E-state index contributed by atoms with van der Waals surface area (Å²) in [7, 11) is 0. The Morgan fingerprint density at radius 3 is 2.88 bits per heavy atom. The Morgan fingerprint density at radius 2 is 2.12 bits per heavy atom. The fourth-order valence-electron chi connectivity index (χ4n) is 6.45. The van der Waals surface area contributed by atoms with Gasteiger partial charge in [-0.3, -0.25) is 4.79 Å². The Bertz CT molecular complexity index is 788. The lowest BCUT2D eigenvalue weighted by molar-refractivity contribution is -0.279. The predicted octanol–water partition coefficient (Wildman–Crippen LogP) is -0.127. The number of aliphatic hydroxyl groups is 1. The molecule has 0 aromatic rings. The molecule has 7 nitrogen and oxygen atoms in total. The molecule has 6 fully saturated rings. The zero-order valence-electron chi connectivity index (χ0n) is 13.6. The maximum absolute atomic E-state index is 12.8. The van der Waals surface area contributed by atoms with Crippen LogP contribution in [-0.4, -0.2) is 59.8 Å². The average molecular weight is 346 g/mol. The van der Waals surface area contributed by atoms with E-state index in [2.05, 4.69) is 6.58 Å². The zero-order chi connectivity index (χ0) is 17.4. The molecule has 0 aromatic heterocycles. The molecule has 7 rings (SSSR count). The summed E-state index contributed by atoms with van der Waals surface area (Å²) < 4.78 is 22.8. The number of fused-ring (bicyclic) bond motifs is 3. The molecule has 5 aliphatic heterocycles. The number of ether oxygens (including phenoxy) is 4. The minimum atomic E-state index is -1.57. The summed E-state index contributed by atoms with van der Waals surface area (Å²) in [5.74, 6) is -0.994. The van der Waals surface area contributed by atoms with Crippen LogP contribution in [0.25, 0.3) is 0 Å². The number of carbonyl (C=O) groups excluding carboxylic acids is 2. The maximum atomic E-state index is 12.8. The lowest BCUT2D eigenvalue weighted by Gasteiger charge is -2.64. The first-order valence-electron chi connectivity index (χ1n) is 8.63. The molecule has 0 unspecified atom stereocenters. The highest BCUT2D eigenvalue weighted by molar-refractivity contribution is 5.87. The normalized spacial score (nSPS) is 59.8. The Kier molecular flexibility index (Phi) is 2.22. The number of hydrogen-bond acceptors (Lipinski definition) is 7. The first-order valence-corrected chi connectivity index (χ1v) is 8.63. The van der Waals surface area contributed by atoms with Crippen LogP contribution in [0.2, 0.25) is 0 Å². The number of hydrogen-bond donors (Lipinski definition) is 1. The van der Waals surface area contributed by atoms with E-state index >= 15 is 0 Å². The monoisotopic (exact) mass is 346 g/mol. The van der Waals surface area contributed by atoms with Crippen LogP contribution in [0.4, 0.5) is 0 Å². The van der Waals surface area contributed by atoms with Crippen LogP contribution in [0.3, 0.4) is 0 Å². The van der Waals surface area contributed by atoms with E-state index in [1.165, 1.54) is 12.2 Å². The van der Waals surface area contributed by atoms with Crippen LogP contribution in [0.15, 0.2) is 24.3 Å². The second kappa shape index (κ2) is 3.84. The summed E-state index contributed by atoms with van der Waals surface area (Å²) in [6.07, 6.45) is 0.846. The molecule has 9 atom stereocenters. The maximum Gasteiger partial charge on any atom is 0.331 e. The van der Waals surface area contributed by atoms with E-state index in [0.29, 0.717) is 18.6 Å². The third-order valence-corrected chi connectivity index (χ3v) is 7.37. The van der Waals surface area contributed by atoms with Gasteiger partial charge in [0.15, 0.2) is 11.7 Å². The molecular formula is C18H18O7. The molecule has 132 valence electrons. The molecule has 2 bridgehead atoms. The van der Waals surface area contributed by atoms with Gasteiger partial charge in [-0.15, -0.1) is 0 Å². The summed E-state index contributed by atoms with van der Waals surface area (Å²) in [4.78, 5) is 24.9. The van der Waals surface area contributed by atoms with Crippen LogP contribution in [0.5, 0.6) is 0 Å². The predicted molar refractivity (Wildman–Crippen MR) is 80.0 cm³/mol. The Labute approximate surface area is 143 Å². The van der Waals surface area contributed by atoms with Crippen molar-refractivity contribution >= 4 is 11.9 Å². The van der Waals surface area contributed by atoms with Crippen LogP contribution < -0.4 is 0 Å². The number of cyclic esters (lactones) is 1. The van der Waals surface area contributed by atoms with E-state index in [0.717, 1.165) is 0 Å². The third-order valence-electron chi connectivity index (χ3n) is 7.37. The van der Waals surface area contributed by atoms with Gasteiger partial charge in [0.2, 0.25) is 0 Å². The Balaban J connectivity index is 1.64. The van der Waals surface area contributed by atoms with Crippen molar-refractivity contribution in [1.82, 2.24) is 0 Å². The van der Waals surface area contributed by atoms with E-state index in [1.54, 1.807) is 0 Å². The van der Waals surface area contributed by atoms with Gasteiger partial charge >= 0.3 is 11.9 Å². The van der Waals surface area contributed by atoms with Crippen molar-refractivity contribution in [2.75, 3.05) is 6.61 Å². The molecule has 1 spiro atoms. The third kappa shape index (κ3) is 1.26. The van der Waals surface area contributed by atoms with E-state index in [9.17, 15) is 14.7 Å². The molecule has 0 radical (unpaired) electrons. The highest BCUT2D eigenvalue weighted by Gasteiger charge is 2.84. The minimum Gasteiger partial charge on any atom is -0.459 e. The number of rotatable bonds is 1. The van der Waals surface area contributed by atoms with E-state index in [1.807, 2.05) is 6.92 Å². The van der Waals surface area contributed by atoms with Crippen molar-refractivity contribution in [2.45, 2.75) is 49.5 Å². The van der Waals surface area contributed by atoms with Crippen LogP contribution >= 0.6 is 0 Å². The number of carbonyl (C=O) groups is 2. The SMILES string of the molecule is C=C[C@H]1OC(=O)C=C2[C@]34CO[C@@H]([C@H]5OC(=O)[C@](C)([C@H]53)[C@H]3O[C@H]3C4)[C@@]21O. The largest absolute Gasteiger partial charge is 0.459 e. The molecule has 1 N–H and O–H groups in total. The molecule has 0 amide bonds.